The minimum atomic E-state index is -0.341. The van der Waals surface area contributed by atoms with Crippen LogP contribution in [-0.4, -0.2) is 23.4 Å². The Kier molecular flexibility index (Phi) is 6.59. The lowest BCUT2D eigenvalue weighted by Gasteiger charge is -2.14. The molecular weight excluding hydrogens is 469 g/mol. The van der Waals surface area contributed by atoms with Crippen molar-refractivity contribution in [3.8, 4) is 5.75 Å². The average molecular weight is 487 g/mol. The summed E-state index contributed by atoms with van der Waals surface area (Å²) in [6, 6.07) is 15.8. The standard InChI is InChI=1S/C21H18IN3O3/c1-2-28-19-8-4-3-7-18(19)25-21(27)16-12-15(22)9-10-17(16)24-20(26)14-6-5-11-23-13-14/h3-13H,2H2,1H3,(H,24,26)(H,25,27). The summed E-state index contributed by atoms with van der Waals surface area (Å²) in [5, 5.41) is 5.65. The summed E-state index contributed by atoms with van der Waals surface area (Å²) in [5.74, 6) is -0.0878. The van der Waals surface area contributed by atoms with E-state index in [9.17, 15) is 9.59 Å². The first-order chi connectivity index (χ1) is 13.6. The molecule has 0 saturated heterocycles. The van der Waals surface area contributed by atoms with E-state index in [-0.39, 0.29) is 11.8 Å². The quantitative estimate of drug-likeness (QED) is 0.499. The molecule has 2 amide bonds. The number of carbonyl (C=O) groups is 2. The molecule has 2 N–H and O–H groups in total. The highest BCUT2D eigenvalue weighted by Crippen LogP contribution is 2.26. The zero-order valence-corrected chi connectivity index (χ0v) is 17.3. The Morgan fingerprint density at radius 2 is 1.79 bits per heavy atom. The number of hydrogen-bond acceptors (Lipinski definition) is 4. The molecule has 0 bridgehead atoms. The van der Waals surface area contributed by atoms with E-state index < -0.39 is 0 Å². The van der Waals surface area contributed by atoms with Crippen LogP contribution in [0.15, 0.2) is 67.0 Å². The van der Waals surface area contributed by atoms with Crippen molar-refractivity contribution in [2.24, 2.45) is 0 Å². The summed E-state index contributed by atoms with van der Waals surface area (Å²) in [5.41, 5.74) is 1.75. The molecule has 7 heteroatoms. The number of benzene rings is 2. The molecule has 0 atom stereocenters. The topological polar surface area (TPSA) is 80.3 Å². The number of rotatable bonds is 6. The Balaban J connectivity index is 1.86. The van der Waals surface area contributed by atoms with E-state index in [0.29, 0.717) is 34.9 Å². The second kappa shape index (κ2) is 9.32. The number of anilines is 2. The van der Waals surface area contributed by atoms with Crippen molar-refractivity contribution in [3.05, 3.63) is 81.7 Å². The highest BCUT2D eigenvalue weighted by Gasteiger charge is 2.17. The molecule has 0 aliphatic carbocycles. The summed E-state index contributed by atoms with van der Waals surface area (Å²) in [6.45, 7) is 2.37. The fourth-order valence-electron chi connectivity index (χ4n) is 2.55. The Morgan fingerprint density at radius 3 is 2.54 bits per heavy atom. The highest BCUT2D eigenvalue weighted by molar-refractivity contribution is 14.1. The van der Waals surface area contributed by atoms with Crippen molar-refractivity contribution >= 4 is 45.8 Å². The molecular formula is C21H18IN3O3. The van der Waals surface area contributed by atoms with Gasteiger partial charge in [-0.25, -0.2) is 0 Å². The number of halogens is 1. The maximum atomic E-state index is 12.9. The van der Waals surface area contributed by atoms with Gasteiger partial charge in [-0.15, -0.1) is 0 Å². The minimum absolute atomic E-state index is 0.335. The zero-order chi connectivity index (χ0) is 19.9. The van der Waals surface area contributed by atoms with Crippen LogP contribution < -0.4 is 15.4 Å². The third-order valence-electron chi connectivity index (χ3n) is 3.83. The van der Waals surface area contributed by atoms with Crippen LogP contribution in [0.4, 0.5) is 11.4 Å². The molecule has 0 saturated carbocycles. The summed E-state index contributed by atoms with van der Waals surface area (Å²) in [4.78, 5) is 29.3. The van der Waals surface area contributed by atoms with Crippen LogP contribution in [0.2, 0.25) is 0 Å². The van der Waals surface area contributed by atoms with E-state index in [4.69, 9.17) is 4.74 Å². The Hall–Kier alpha value is -2.94. The maximum Gasteiger partial charge on any atom is 0.257 e. The van der Waals surface area contributed by atoms with Crippen LogP contribution in [0.3, 0.4) is 0 Å². The molecule has 1 heterocycles. The van der Waals surface area contributed by atoms with Crippen LogP contribution in [0.5, 0.6) is 5.75 Å². The van der Waals surface area contributed by atoms with Crippen molar-refractivity contribution in [1.82, 2.24) is 4.98 Å². The third kappa shape index (κ3) is 4.86. The van der Waals surface area contributed by atoms with E-state index >= 15 is 0 Å². The zero-order valence-electron chi connectivity index (χ0n) is 15.1. The smallest absolute Gasteiger partial charge is 0.257 e. The average Bonchev–Trinajstić information content (AvgIpc) is 2.71. The first-order valence-electron chi connectivity index (χ1n) is 8.62. The molecule has 0 aliphatic rings. The lowest BCUT2D eigenvalue weighted by molar-refractivity contribution is 0.102. The Labute approximate surface area is 176 Å². The summed E-state index contributed by atoms with van der Waals surface area (Å²) in [7, 11) is 0. The highest BCUT2D eigenvalue weighted by atomic mass is 127. The fraction of sp³-hybridized carbons (Fsp3) is 0.0952. The molecule has 0 aliphatic heterocycles. The lowest BCUT2D eigenvalue weighted by atomic mass is 10.1. The van der Waals surface area contributed by atoms with E-state index in [1.54, 1.807) is 42.6 Å². The van der Waals surface area contributed by atoms with Gasteiger partial charge >= 0.3 is 0 Å². The van der Waals surface area contributed by atoms with E-state index in [1.807, 2.05) is 25.1 Å². The summed E-state index contributed by atoms with van der Waals surface area (Å²) in [6.07, 6.45) is 3.07. The number of carbonyl (C=O) groups excluding carboxylic acids is 2. The van der Waals surface area contributed by atoms with Gasteiger partial charge in [0.15, 0.2) is 0 Å². The second-order valence-corrected chi connectivity index (χ2v) is 7.01. The Morgan fingerprint density at radius 1 is 1.00 bits per heavy atom. The first kappa shape index (κ1) is 19.8. The second-order valence-electron chi connectivity index (χ2n) is 5.77. The van der Waals surface area contributed by atoms with Gasteiger partial charge in [-0.2, -0.15) is 0 Å². The van der Waals surface area contributed by atoms with E-state index in [1.165, 1.54) is 6.20 Å². The van der Waals surface area contributed by atoms with E-state index in [0.717, 1.165) is 3.57 Å². The lowest BCUT2D eigenvalue weighted by Crippen LogP contribution is -2.19. The molecule has 0 radical (unpaired) electrons. The number of para-hydroxylation sites is 2. The minimum Gasteiger partial charge on any atom is -0.492 e. The van der Waals surface area contributed by atoms with Gasteiger partial charge in [0.2, 0.25) is 0 Å². The molecule has 3 aromatic rings. The molecule has 2 aromatic carbocycles. The number of amides is 2. The predicted octanol–water partition coefficient (Wildman–Crippen LogP) is 4.59. The monoisotopic (exact) mass is 487 g/mol. The van der Waals surface area contributed by atoms with Crippen molar-refractivity contribution in [2.75, 3.05) is 17.2 Å². The fourth-order valence-corrected chi connectivity index (χ4v) is 3.04. The number of aromatic nitrogens is 1. The predicted molar refractivity (Wildman–Crippen MR) is 117 cm³/mol. The number of ether oxygens (including phenoxy) is 1. The molecule has 0 unspecified atom stereocenters. The SMILES string of the molecule is CCOc1ccccc1NC(=O)c1cc(I)ccc1NC(=O)c1cccnc1. The van der Waals surface area contributed by atoms with Crippen LogP contribution in [0.25, 0.3) is 0 Å². The molecule has 0 fully saturated rings. The van der Waals surface area contributed by atoms with E-state index in [2.05, 4.69) is 38.2 Å². The molecule has 3 rings (SSSR count). The van der Waals surface area contributed by atoms with Gasteiger partial charge in [-0.1, -0.05) is 12.1 Å². The van der Waals surface area contributed by atoms with Crippen molar-refractivity contribution in [3.63, 3.8) is 0 Å². The van der Waals surface area contributed by atoms with Gasteiger partial charge in [0.25, 0.3) is 11.8 Å². The van der Waals surface area contributed by atoms with Gasteiger partial charge in [0.05, 0.1) is 29.1 Å². The van der Waals surface area contributed by atoms with Gasteiger partial charge in [-0.05, 0) is 72.0 Å². The third-order valence-corrected chi connectivity index (χ3v) is 4.50. The van der Waals surface area contributed by atoms with Crippen molar-refractivity contribution < 1.29 is 14.3 Å². The molecule has 28 heavy (non-hydrogen) atoms. The number of nitrogens with zero attached hydrogens (tertiary/aromatic N) is 1. The maximum absolute atomic E-state index is 12.9. The summed E-state index contributed by atoms with van der Waals surface area (Å²) >= 11 is 2.12. The van der Waals surface area contributed by atoms with Crippen LogP contribution in [-0.2, 0) is 0 Å². The van der Waals surface area contributed by atoms with Crippen LogP contribution in [0, 0.1) is 3.57 Å². The van der Waals surface area contributed by atoms with Gasteiger partial charge in [0, 0.05) is 16.0 Å². The van der Waals surface area contributed by atoms with Crippen LogP contribution in [0.1, 0.15) is 27.6 Å². The molecule has 142 valence electrons. The molecule has 1 aromatic heterocycles. The van der Waals surface area contributed by atoms with Gasteiger partial charge in [-0.3, -0.25) is 14.6 Å². The number of pyridine rings is 1. The normalized spacial score (nSPS) is 10.2. The number of hydrogen-bond donors (Lipinski definition) is 2. The van der Waals surface area contributed by atoms with Crippen molar-refractivity contribution in [1.29, 1.82) is 0 Å². The summed E-state index contributed by atoms with van der Waals surface area (Å²) < 4.78 is 6.43. The molecule has 0 spiro atoms. The Bertz CT molecular complexity index is 993. The van der Waals surface area contributed by atoms with Gasteiger partial charge < -0.3 is 15.4 Å². The van der Waals surface area contributed by atoms with Crippen molar-refractivity contribution in [2.45, 2.75) is 6.92 Å². The first-order valence-corrected chi connectivity index (χ1v) is 9.70. The van der Waals surface area contributed by atoms with Crippen LogP contribution >= 0.6 is 22.6 Å². The number of nitrogens with one attached hydrogen (secondary N) is 2. The van der Waals surface area contributed by atoms with Gasteiger partial charge in [0.1, 0.15) is 5.75 Å². The largest absolute Gasteiger partial charge is 0.492 e. The molecule has 6 nitrogen and oxygen atoms in total.